The quantitative estimate of drug-likeness (QED) is 0.627. The molecule has 0 spiro atoms. The van der Waals surface area contributed by atoms with Crippen LogP contribution in [0.5, 0.6) is 0 Å². The predicted octanol–water partition coefficient (Wildman–Crippen LogP) is 0.903. The van der Waals surface area contributed by atoms with Gasteiger partial charge < -0.3 is 10.2 Å². The fraction of sp³-hybridized carbons (Fsp3) is 0.500. The third-order valence-corrected chi connectivity index (χ3v) is 3.86. The molecule has 22 heavy (non-hydrogen) atoms. The second kappa shape index (κ2) is 6.05. The van der Waals surface area contributed by atoms with Gasteiger partial charge in [0.05, 0.1) is 22.9 Å². The first-order chi connectivity index (χ1) is 10.2. The van der Waals surface area contributed by atoms with Crippen molar-refractivity contribution < 1.29 is 17.7 Å². The minimum Gasteiger partial charge on any atom is -0.366 e. The number of rotatable bonds is 4. The number of hydrogen-bond donors (Lipinski definition) is 2. The summed E-state index contributed by atoms with van der Waals surface area (Å²) in [6, 6.07) is 2.05. The van der Waals surface area contributed by atoms with Crippen LogP contribution in [0.1, 0.15) is 6.92 Å². The molecule has 8 nitrogen and oxygen atoms in total. The van der Waals surface area contributed by atoms with E-state index in [-0.39, 0.29) is 17.4 Å². The normalized spacial score (nSPS) is 19.0. The summed E-state index contributed by atoms with van der Waals surface area (Å²) in [6.45, 7) is 3.63. The third-order valence-electron chi connectivity index (χ3n) is 3.27. The summed E-state index contributed by atoms with van der Waals surface area (Å²) in [6.07, 6.45) is 0.882. The van der Waals surface area contributed by atoms with Crippen LogP contribution in [0.15, 0.2) is 12.1 Å². The van der Waals surface area contributed by atoms with Crippen molar-refractivity contribution in [1.29, 1.82) is 0 Å². The third kappa shape index (κ3) is 3.83. The van der Waals surface area contributed by atoms with Crippen LogP contribution < -0.4 is 14.9 Å². The summed E-state index contributed by atoms with van der Waals surface area (Å²) < 4.78 is 39.0. The lowest BCUT2D eigenvalue weighted by molar-refractivity contribution is -0.384. The molecule has 0 aliphatic carbocycles. The fourth-order valence-electron chi connectivity index (χ4n) is 2.38. The standard InChI is InChI=1S/C12H17FN4O4S/c1-8-7-16(4-3-14-8)11-6-10(15-22(2,20)21)12(17(18)19)5-9(11)13/h5-6,8,14-15H,3-4,7H2,1-2H3. The fourth-order valence-corrected chi connectivity index (χ4v) is 2.94. The van der Waals surface area contributed by atoms with Gasteiger partial charge in [0.1, 0.15) is 5.69 Å². The minimum atomic E-state index is -3.71. The van der Waals surface area contributed by atoms with E-state index in [1.807, 2.05) is 6.92 Å². The number of sulfonamides is 1. The van der Waals surface area contributed by atoms with E-state index in [1.165, 1.54) is 6.07 Å². The van der Waals surface area contributed by atoms with Crippen LogP contribution in [-0.2, 0) is 10.0 Å². The Balaban J connectivity index is 2.47. The molecule has 1 aromatic rings. The zero-order chi connectivity index (χ0) is 16.5. The van der Waals surface area contributed by atoms with Gasteiger partial charge in [0.2, 0.25) is 10.0 Å². The molecule has 2 rings (SSSR count). The maximum atomic E-state index is 14.2. The Morgan fingerprint density at radius 1 is 1.50 bits per heavy atom. The average molecular weight is 332 g/mol. The SMILES string of the molecule is CC1CN(c2cc(NS(C)(=O)=O)c([N+](=O)[O-])cc2F)CCN1. The van der Waals surface area contributed by atoms with Crippen molar-refractivity contribution in [3.05, 3.63) is 28.1 Å². The van der Waals surface area contributed by atoms with Crippen LogP contribution in [0, 0.1) is 15.9 Å². The summed E-state index contributed by atoms with van der Waals surface area (Å²) in [7, 11) is -3.71. The Labute approximate surface area is 127 Å². The van der Waals surface area contributed by atoms with Gasteiger partial charge in [-0.05, 0) is 13.0 Å². The van der Waals surface area contributed by atoms with Crippen molar-refractivity contribution in [2.75, 3.05) is 35.5 Å². The van der Waals surface area contributed by atoms with E-state index in [0.717, 1.165) is 12.3 Å². The summed E-state index contributed by atoms with van der Waals surface area (Å²) in [4.78, 5) is 11.9. The zero-order valence-corrected chi connectivity index (χ0v) is 13.0. The molecule has 1 atom stereocenters. The highest BCUT2D eigenvalue weighted by atomic mass is 32.2. The Morgan fingerprint density at radius 3 is 2.73 bits per heavy atom. The molecule has 1 unspecified atom stereocenters. The molecular weight excluding hydrogens is 315 g/mol. The van der Waals surface area contributed by atoms with Gasteiger partial charge in [-0.25, -0.2) is 12.8 Å². The molecule has 1 aromatic carbocycles. The average Bonchev–Trinajstić information content (AvgIpc) is 2.38. The Kier molecular flexibility index (Phi) is 4.52. The highest BCUT2D eigenvalue weighted by Gasteiger charge is 2.25. The van der Waals surface area contributed by atoms with Crippen LogP contribution in [0.2, 0.25) is 0 Å². The number of nitro benzene ring substituents is 1. The van der Waals surface area contributed by atoms with Gasteiger partial charge in [-0.1, -0.05) is 0 Å². The second-order valence-electron chi connectivity index (χ2n) is 5.25. The second-order valence-corrected chi connectivity index (χ2v) is 7.00. The molecule has 0 bridgehead atoms. The van der Waals surface area contributed by atoms with Gasteiger partial charge in [0.25, 0.3) is 5.69 Å². The van der Waals surface area contributed by atoms with Crippen molar-refractivity contribution in [2.24, 2.45) is 0 Å². The zero-order valence-electron chi connectivity index (χ0n) is 12.2. The van der Waals surface area contributed by atoms with Gasteiger partial charge in [-0.3, -0.25) is 14.8 Å². The topological polar surface area (TPSA) is 105 Å². The van der Waals surface area contributed by atoms with Gasteiger partial charge in [0.15, 0.2) is 5.82 Å². The van der Waals surface area contributed by atoms with E-state index in [0.29, 0.717) is 19.6 Å². The molecule has 0 aromatic heterocycles. The number of halogens is 1. The molecule has 2 N–H and O–H groups in total. The van der Waals surface area contributed by atoms with Crippen molar-refractivity contribution in [3.63, 3.8) is 0 Å². The Bertz CT molecular complexity index is 695. The maximum Gasteiger partial charge on any atom is 0.296 e. The molecule has 1 aliphatic rings. The molecule has 1 aliphatic heterocycles. The van der Waals surface area contributed by atoms with E-state index in [2.05, 4.69) is 10.0 Å². The van der Waals surface area contributed by atoms with Gasteiger partial charge in [0, 0.05) is 25.7 Å². The van der Waals surface area contributed by atoms with Crippen molar-refractivity contribution in [3.8, 4) is 0 Å². The lowest BCUT2D eigenvalue weighted by Gasteiger charge is -2.34. The highest BCUT2D eigenvalue weighted by molar-refractivity contribution is 7.92. The molecule has 1 fully saturated rings. The molecule has 0 radical (unpaired) electrons. The first kappa shape index (κ1) is 16.4. The van der Waals surface area contributed by atoms with E-state index in [9.17, 15) is 22.9 Å². The number of hydrogen-bond acceptors (Lipinski definition) is 6. The summed E-state index contributed by atoms with van der Waals surface area (Å²) >= 11 is 0. The number of piperazine rings is 1. The molecule has 0 saturated carbocycles. The largest absolute Gasteiger partial charge is 0.366 e. The van der Waals surface area contributed by atoms with Crippen molar-refractivity contribution in [1.82, 2.24) is 5.32 Å². The van der Waals surface area contributed by atoms with E-state index in [4.69, 9.17) is 0 Å². The number of benzene rings is 1. The number of anilines is 2. The first-order valence-electron chi connectivity index (χ1n) is 6.61. The van der Waals surface area contributed by atoms with E-state index in [1.54, 1.807) is 4.90 Å². The summed E-state index contributed by atoms with van der Waals surface area (Å²) in [5, 5.41) is 14.2. The Morgan fingerprint density at radius 2 is 2.18 bits per heavy atom. The predicted molar refractivity (Wildman–Crippen MR) is 81.2 cm³/mol. The lowest BCUT2D eigenvalue weighted by atomic mass is 10.1. The van der Waals surface area contributed by atoms with E-state index >= 15 is 0 Å². The van der Waals surface area contributed by atoms with Gasteiger partial charge >= 0.3 is 0 Å². The number of nitrogens with zero attached hydrogens (tertiary/aromatic N) is 2. The Hall–Kier alpha value is -1.94. The monoisotopic (exact) mass is 332 g/mol. The molecule has 1 saturated heterocycles. The van der Waals surface area contributed by atoms with E-state index < -0.39 is 26.5 Å². The number of nitro groups is 1. The number of nitrogens with one attached hydrogen (secondary N) is 2. The van der Waals surface area contributed by atoms with Crippen LogP contribution in [-0.4, -0.2) is 45.3 Å². The maximum absolute atomic E-state index is 14.2. The summed E-state index contributed by atoms with van der Waals surface area (Å²) in [5.41, 5.74) is -0.713. The van der Waals surface area contributed by atoms with Crippen molar-refractivity contribution >= 4 is 27.1 Å². The van der Waals surface area contributed by atoms with Crippen LogP contribution in [0.4, 0.5) is 21.5 Å². The first-order valence-corrected chi connectivity index (χ1v) is 8.50. The molecule has 10 heteroatoms. The van der Waals surface area contributed by atoms with Gasteiger partial charge in [-0.15, -0.1) is 0 Å². The van der Waals surface area contributed by atoms with Crippen LogP contribution in [0.25, 0.3) is 0 Å². The molecule has 122 valence electrons. The smallest absolute Gasteiger partial charge is 0.296 e. The van der Waals surface area contributed by atoms with Crippen molar-refractivity contribution in [2.45, 2.75) is 13.0 Å². The molecular formula is C12H17FN4O4S. The van der Waals surface area contributed by atoms with Gasteiger partial charge in [-0.2, -0.15) is 0 Å². The molecule has 1 heterocycles. The van der Waals surface area contributed by atoms with Crippen LogP contribution >= 0.6 is 0 Å². The summed E-state index contributed by atoms with van der Waals surface area (Å²) in [5.74, 6) is -0.750. The highest BCUT2D eigenvalue weighted by Crippen LogP contribution is 2.33. The van der Waals surface area contributed by atoms with Crippen LogP contribution in [0.3, 0.4) is 0 Å². The molecule has 0 amide bonds. The minimum absolute atomic E-state index is 0.134. The lowest BCUT2D eigenvalue weighted by Crippen LogP contribution is -2.49.